The van der Waals surface area contributed by atoms with Crippen LogP contribution >= 0.6 is 0 Å². The molecule has 0 saturated heterocycles. The number of rotatable bonds is 0. The van der Waals surface area contributed by atoms with E-state index >= 15 is 0 Å². The first-order valence-corrected chi connectivity index (χ1v) is 2.24. The molecule has 0 fully saturated rings. The van der Waals surface area contributed by atoms with Crippen molar-refractivity contribution in [1.29, 1.82) is 5.26 Å². The molecule has 0 amide bonds. The van der Waals surface area contributed by atoms with E-state index in [1.807, 2.05) is 6.07 Å². The lowest BCUT2D eigenvalue weighted by Gasteiger charge is -1.77. The Bertz CT molecular complexity index is 217. The standard InChI is InChI=1S/C6H5N2/c1-5-2-3-8-6(5)4-7/h2-3,8H,1H2. The van der Waals surface area contributed by atoms with Crippen LogP contribution in [0.4, 0.5) is 0 Å². The lowest BCUT2D eigenvalue weighted by Crippen LogP contribution is -1.72. The Hall–Kier alpha value is -1.23. The Morgan fingerprint density at radius 2 is 2.50 bits per heavy atom. The minimum Gasteiger partial charge on any atom is -0.353 e. The van der Waals surface area contributed by atoms with Gasteiger partial charge >= 0.3 is 0 Å². The fourth-order valence-electron chi connectivity index (χ4n) is 0.506. The Labute approximate surface area is 47.8 Å². The lowest BCUT2D eigenvalue weighted by atomic mass is 10.3. The molecule has 0 aromatic carbocycles. The Morgan fingerprint density at radius 1 is 1.75 bits per heavy atom. The van der Waals surface area contributed by atoms with E-state index in [1.54, 1.807) is 12.3 Å². The zero-order valence-corrected chi connectivity index (χ0v) is 4.31. The molecular formula is C6H5N2. The van der Waals surface area contributed by atoms with Crippen molar-refractivity contribution in [2.45, 2.75) is 0 Å². The fourth-order valence-corrected chi connectivity index (χ4v) is 0.506. The Morgan fingerprint density at radius 3 is 2.75 bits per heavy atom. The SMILES string of the molecule is [CH2]c1cc[nH]c1C#N. The fraction of sp³-hybridized carbons (Fsp3) is 0. The highest BCUT2D eigenvalue weighted by molar-refractivity contribution is 5.33. The first kappa shape index (κ1) is 4.92. The topological polar surface area (TPSA) is 39.6 Å². The van der Waals surface area contributed by atoms with E-state index in [1.165, 1.54) is 0 Å². The van der Waals surface area contributed by atoms with Gasteiger partial charge in [-0.15, -0.1) is 0 Å². The lowest BCUT2D eigenvalue weighted by molar-refractivity contribution is 1.32. The molecule has 0 aliphatic rings. The second-order valence-electron chi connectivity index (χ2n) is 1.49. The van der Waals surface area contributed by atoms with Gasteiger partial charge in [-0.05, 0) is 18.6 Å². The van der Waals surface area contributed by atoms with E-state index in [0.29, 0.717) is 5.69 Å². The smallest absolute Gasteiger partial charge is 0.120 e. The summed E-state index contributed by atoms with van der Waals surface area (Å²) in [6.07, 6.45) is 1.70. The van der Waals surface area contributed by atoms with Crippen molar-refractivity contribution in [3.8, 4) is 6.07 Å². The van der Waals surface area contributed by atoms with Crippen LogP contribution in [0.15, 0.2) is 12.3 Å². The predicted molar refractivity (Wildman–Crippen MR) is 30.0 cm³/mol. The molecule has 0 aliphatic heterocycles. The van der Waals surface area contributed by atoms with E-state index in [2.05, 4.69) is 11.9 Å². The summed E-state index contributed by atoms with van der Waals surface area (Å²) in [4.78, 5) is 2.73. The van der Waals surface area contributed by atoms with Crippen LogP contribution in [0.1, 0.15) is 11.3 Å². The Kier molecular flexibility index (Phi) is 1.05. The van der Waals surface area contributed by atoms with Crippen molar-refractivity contribution in [3.05, 3.63) is 30.4 Å². The van der Waals surface area contributed by atoms with Crippen LogP contribution in [0.5, 0.6) is 0 Å². The van der Waals surface area contributed by atoms with Crippen molar-refractivity contribution >= 4 is 0 Å². The normalized spacial score (nSPS) is 8.50. The summed E-state index contributed by atoms with van der Waals surface area (Å²) < 4.78 is 0. The van der Waals surface area contributed by atoms with Gasteiger partial charge in [-0.25, -0.2) is 0 Å². The van der Waals surface area contributed by atoms with E-state index in [0.717, 1.165) is 5.56 Å². The summed E-state index contributed by atoms with van der Waals surface area (Å²) >= 11 is 0. The van der Waals surface area contributed by atoms with Crippen molar-refractivity contribution in [2.75, 3.05) is 0 Å². The van der Waals surface area contributed by atoms with Gasteiger partial charge in [-0.2, -0.15) is 5.26 Å². The quantitative estimate of drug-likeness (QED) is 0.526. The zero-order valence-electron chi connectivity index (χ0n) is 4.31. The molecular weight excluding hydrogens is 100 g/mol. The number of aromatic nitrogens is 1. The van der Waals surface area contributed by atoms with Crippen LogP contribution < -0.4 is 0 Å². The molecule has 1 rings (SSSR count). The third-order valence-corrected chi connectivity index (χ3v) is 0.945. The van der Waals surface area contributed by atoms with Crippen molar-refractivity contribution < 1.29 is 0 Å². The molecule has 0 atom stereocenters. The van der Waals surface area contributed by atoms with Crippen LogP contribution in [0.2, 0.25) is 0 Å². The maximum atomic E-state index is 8.29. The number of nitriles is 1. The van der Waals surface area contributed by atoms with Crippen molar-refractivity contribution in [2.24, 2.45) is 0 Å². The van der Waals surface area contributed by atoms with E-state index < -0.39 is 0 Å². The zero-order chi connectivity index (χ0) is 5.98. The highest BCUT2D eigenvalue weighted by atomic mass is 14.7. The third-order valence-electron chi connectivity index (χ3n) is 0.945. The maximum absolute atomic E-state index is 8.29. The van der Waals surface area contributed by atoms with E-state index in [9.17, 15) is 0 Å². The summed E-state index contributed by atoms with van der Waals surface area (Å²) in [6.45, 7) is 3.60. The monoisotopic (exact) mass is 105 g/mol. The minimum absolute atomic E-state index is 0.546. The van der Waals surface area contributed by atoms with Crippen molar-refractivity contribution in [3.63, 3.8) is 0 Å². The molecule has 1 N–H and O–H groups in total. The number of nitrogens with one attached hydrogen (secondary N) is 1. The van der Waals surface area contributed by atoms with Crippen LogP contribution in [-0.2, 0) is 0 Å². The van der Waals surface area contributed by atoms with Crippen molar-refractivity contribution in [1.82, 2.24) is 4.98 Å². The summed E-state index contributed by atoms with van der Waals surface area (Å²) in [5, 5.41) is 8.29. The molecule has 1 heterocycles. The molecule has 1 radical (unpaired) electrons. The van der Waals surface area contributed by atoms with Gasteiger partial charge in [-0.1, -0.05) is 0 Å². The van der Waals surface area contributed by atoms with E-state index in [4.69, 9.17) is 5.26 Å². The molecule has 2 nitrogen and oxygen atoms in total. The largest absolute Gasteiger partial charge is 0.353 e. The molecule has 1 aromatic heterocycles. The summed E-state index contributed by atoms with van der Waals surface area (Å²) in [7, 11) is 0. The second kappa shape index (κ2) is 1.71. The van der Waals surface area contributed by atoms with Gasteiger partial charge in [-0.3, -0.25) is 0 Å². The van der Waals surface area contributed by atoms with Gasteiger partial charge in [0.15, 0.2) is 0 Å². The van der Waals surface area contributed by atoms with Gasteiger partial charge < -0.3 is 4.98 Å². The molecule has 39 valence electrons. The molecule has 8 heavy (non-hydrogen) atoms. The molecule has 2 heteroatoms. The predicted octanol–water partition coefficient (Wildman–Crippen LogP) is 1.07. The van der Waals surface area contributed by atoms with Crippen LogP contribution in [0.3, 0.4) is 0 Å². The number of aromatic amines is 1. The average molecular weight is 105 g/mol. The second-order valence-corrected chi connectivity index (χ2v) is 1.49. The average Bonchev–Trinajstić information content (AvgIpc) is 2.14. The first-order valence-electron chi connectivity index (χ1n) is 2.24. The Balaban J connectivity index is 3.15. The maximum Gasteiger partial charge on any atom is 0.120 e. The van der Waals surface area contributed by atoms with Crippen LogP contribution in [-0.4, -0.2) is 4.98 Å². The molecule has 0 spiro atoms. The number of H-pyrrole nitrogens is 1. The van der Waals surface area contributed by atoms with Crippen LogP contribution in [0, 0.1) is 18.3 Å². The highest BCUT2D eigenvalue weighted by Crippen LogP contribution is 2.00. The number of nitrogens with zero attached hydrogens (tertiary/aromatic N) is 1. The molecule has 0 aliphatic carbocycles. The van der Waals surface area contributed by atoms with Gasteiger partial charge in [0.2, 0.25) is 0 Å². The van der Waals surface area contributed by atoms with E-state index in [-0.39, 0.29) is 0 Å². The van der Waals surface area contributed by atoms with Gasteiger partial charge in [0.25, 0.3) is 0 Å². The minimum atomic E-state index is 0.546. The van der Waals surface area contributed by atoms with Crippen LogP contribution in [0.25, 0.3) is 0 Å². The third kappa shape index (κ3) is 0.584. The van der Waals surface area contributed by atoms with Gasteiger partial charge in [0.05, 0.1) is 0 Å². The molecule has 0 saturated carbocycles. The summed E-state index contributed by atoms with van der Waals surface area (Å²) in [5.74, 6) is 0. The molecule has 0 bridgehead atoms. The number of hydrogen-bond acceptors (Lipinski definition) is 1. The highest BCUT2D eigenvalue weighted by Gasteiger charge is 1.92. The molecule has 1 aromatic rings. The molecule has 0 unspecified atom stereocenters. The van der Waals surface area contributed by atoms with Gasteiger partial charge in [0.1, 0.15) is 11.8 Å². The summed E-state index contributed by atoms with van der Waals surface area (Å²) in [6, 6.07) is 3.72. The van der Waals surface area contributed by atoms with Gasteiger partial charge in [0, 0.05) is 6.20 Å². The summed E-state index contributed by atoms with van der Waals surface area (Å²) in [5.41, 5.74) is 1.30. The first-order chi connectivity index (χ1) is 3.84. The number of hydrogen-bond donors (Lipinski definition) is 1.